The summed E-state index contributed by atoms with van der Waals surface area (Å²) in [5.41, 5.74) is 0. The molecule has 84 valence electrons. The van der Waals surface area contributed by atoms with Crippen LogP contribution in [-0.2, 0) is 0 Å². The first kappa shape index (κ1) is 12.0. The third-order valence-corrected chi connectivity index (χ3v) is 3.64. The summed E-state index contributed by atoms with van der Waals surface area (Å²) in [6.07, 6.45) is 8.39. The van der Waals surface area contributed by atoms with Gasteiger partial charge in [0.1, 0.15) is 0 Å². The smallest absolute Gasteiger partial charge is 0.0121 e. The van der Waals surface area contributed by atoms with Gasteiger partial charge in [-0.3, -0.25) is 0 Å². The molecule has 0 amide bonds. The van der Waals surface area contributed by atoms with E-state index in [1.165, 1.54) is 45.1 Å². The maximum absolute atomic E-state index is 3.76. The Balaban J connectivity index is 2.34. The highest BCUT2D eigenvalue weighted by molar-refractivity contribution is 4.85. The van der Waals surface area contributed by atoms with E-state index >= 15 is 0 Å². The molecule has 0 saturated heterocycles. The molecule has 2 unspecified atom stereocenters. The van der Waals surface area contributed by atoms with Gasteiger partial charge < -0.3 is 5.32 Å². The largest absolute Gasteiger partial charge is 0.313 e. The summed E-state index contributed by atoms with van der Waals surface area (Å²) < 4.78 is 0. The van der Waals surface area contributed by atoms with Crippen molar-refractivity contribution in [3.8, 4) is 0 Å². The van der Waals surface area contributed by atoms with Crippen molar-refractivity contribution in [1.29, 1.82) is 0 Å². The summed E-state index contributed by atoms with van der Waals surface area (Å²) in [5, 5.41) is 3.76. The highest BCUT2D eigenvalue weighted by Crippen LogP contribution is 2.33. The second-order valence-electron chi connectivity index (χ2n) is 4.94. The first-order chi connectivity index (χ1) is 6.79. The lowest BCUT2D eigenvalue weighted by Gasteiger charge is -2.38. The average molecular weight is 197 g/mol. The van der Waals surface area contributed by atoms with Crippen LogP contribution >= 0.6 is 0 Å². The quantitative estimate of drug-likeness (QED) is 0.657. The summed E-state index contributed by atoms with van der Waals surface area (Å²) in [4.78, 5) is 0. The molecule has 14 heavy (non-hydrogen) atoms. The molecule has 2 atom stereocenters. The molecule has 0 heterocycles. The fourth-order valence-electron chi connectivity index (χ4n) is 2.58. The molecule has 1 heteroatoms. The number of hydrogen-bond donors (Lipinski definition) is 1. The van der Waals surface area contributed by atoms with Crippen molar-refractivity contribution in [1.82, 2.24) is 5.32 Å². The molecule has 1 N–H and O–H groups in total. The minimum absolute atomic E-state index is 0.809. The molecule has 0 spiro atoms. The molecular formula is C13H27N. The maximum Gasteiger partial charge on any atom is 0.0121 e. The van der Waals surface area contributed by atoms with Crippen LogP contribution in [0.5, 0.6) is 0 Å². The fraction of sp³-hybridized carbons (Fsp3) is 1.00. The van der Waals surface area contributed by atoms with Crippen LogP contribution in [0.25, 0.3) is 0 Å². The van der Waals surface area contributed by atoms with Crippen LogP contribution < -0.4 is 5.32 Å². The molecule has 0 bridgehead atoms. The van der Waals surface area contributed by atoms with Crippen molar-refractivity contribution < 1.29 is 0 Å². The Bertz CT molecular complexity index is 140. The Morgan fingerprint density at radius 2 is 1.93 bits per heavy atom. The topological polar surface area (TPSA) is 12.0 Å². The van der Waals surface area contributed by atoms with Crippen LogP contribution in [0.15, 0.2) is 0 Å². The highest BCUT2D eigenvalue weighted by atomic mass is 14.9. The molecule has 0 aromatic rings. The van der Waals surface area contributed by atoms with Crippen LogP contribution in [0, 0.1) is 11.8 Å². The van der Waals surface area contributed by atoms with E-state index in [9.17, 15) is 0 Å². The Labute approximate surface area is 89.7 Å². The van der Waals surface area contributed by atoms with Crippen molar-refractivity contribution >= 4 is 0 Å². The molecule has 1 aliphatic carbocycles. The fourth-order valence-corrected chi connectivity index (χ4v) is 2.58. The van der Waals surface area contributed by atoms with E-state index in [4.69, 9.17) is 0 Å². The van der Waals surface area contributed by atoms with E-state index < -0.39 is 0 Å². The zero-order chi connectivity index (χ0) is 10.4. The lowest BCUT2D eigenvalue weighted by atomic mass is 9.74. The third kappa shape index (κ3) is 3.27. The van der Waals surface area contributed by atoms with Gasteiger partial charge in [0.2, 0.25) is 0 Å². The van der Waals surface area contributed by atoms with Gasteiger partial charge in [-0.15, -0.1) is 0 Å². The molecule has 0 aromatic carbocycles. The Morgan fingerprint density at radius 1 is 1.21 bits per heavy atom. The Morgan fingerprint density at radius 3 is 2.36 bits per heavy atom. The van der Waals surface area contributed by atoms with Gasteiger partial charge in [-0.2, -0.15) is 0 Å². The maximum atomic E-state index is 3.76. The summed E-state index contributed by atoms with van der Waals surface area (Å²) in [6, 6.07) is 0.809. The SMILES string of the molecule is CCCNC(C(C)CCC)C1CCC1. The van der Waals surface area contributed by atoms with Crippen LogP contribution in [0.1, 0.15) is 59.3 Å². The molecule has 1 nitrogen and oxygen atoms in total. The minimum atomic E-state index is 0.809. The molecule has 0 aromatic heterocycles. The van der Waals surface area contributed by atoms with E-state index in [1.807, 2.05) is 0 Å². The van der Waals surface area contributed by atoms with Gasteiger partial charge in [-0.25, -0.2) is 0 Å². The van der Waals surface area contributed by atoms with Gasteiger partial charge in [0.05, 0.1) is 0 Å². The first-order valence-electron chi connectivity index (χ1n) is 6.53. The second kappa shape index (κ2) is 6.44. The normalized spacial score (nSPS) is 21.6. The monoisotopic (exact) mass is 197 g/mol. The van der Waals surface area contributed by atoms with Crippen LogP contribution in [0.3, 0.4) is 0 Å². The van der Waals surface area contributed by atoms with E-state index in [2.05, 4.69) is 26.1 Å². The molecule has 1 rings (SSSR count). The van der Waals surface area contributed by atoms with Gasteiger partial charge in [0.25, 0.3) is 0 Å². The third-order valence-electron chi connectivity index (χ3n) is 3.64. The lowest BCUT2D eigenvalue weighted by Crippen LogP contribution is -2.44. The summed E-state index contributed by atoms with van der Waals surface area (Å²) in [7, 11) is 0. The summed E-state index contributed by atoms with van der Waals surface area (Å²) in [6.45, 7) is 8.19. The molecule has 0 radical (unpaired) electrons. The Hall–Kier alpha value is -0.0400. The summed E-state index contributed by atoms with van der Waals surface area (Å²) in [5.74, 6) is 1.86. The van der Waals surface area contributed by atoms with Crippen molar-refractivity contribution in [3.63, 3.8) is 0 Å². The Kier molecular flexibility index (Phi) is 5.54. The van der Waals surface area contributed by atoms with Crippen molar-refractivity contribution in [3.05, 3.63) is 0 Å². The van der Waals surface area contributed by atoms with E-state index in [-0.39, 0.29) is 0 Å². The van der Waals surface area contributed by atoms with Crippen LogP contribution in [0.4, 0.5) is 0 Å². The van der Waals surface area contributed by atoms with Crippen molar-refractivity contribution in [2.24, 2.45) is 11.8 Å². The van der Waals surface area contributed by atoms with Crippen LogP contribution in [-0.4, -0.2) is 12.6 Å². The molecule has 0 aliphatic heterocycles. The van der Waals surface area contributed by atoms with Crippen LogP contribution in [0.2, 0.25) is 0 Å². The number of hydrogen-bond acceptors (Lipinski definition) is 1. The predicted octanol–water partition coefficient (Wildman–Crippen LogP) is 3.59. The number of rotatable bonds is 7. The first-order valence-corrected chi connectivity index (χ1v) is 6.53. The highest BCUT2D eigenvalue weighted by Gasteiger charge is 2.29. The zero-order valence-electron chi connectivity index (χ0n) is 10.2. The molecular weight excluding hydrogens is 170 g/mol. The molecule has 1 fully saturated rings. The van der Waals surface area contributed by atoms with Gasteiger partial charge in [-0.05, 0) is 44.1 Å². The molecule has 1 aliphatic rings. The van der Waals surface area contributed by atoms with Crippen molar-refractivity contribution in [2.75, 3.05) is 6.54 Å². The van der Waals surface area contributed by atoms with E-state index in [1.54, 1.807) is 0 Å². The van der Waals surface area contributed by atoms with Gasteiger partial charge in [0, 0.05) is 6.04 Å². The standard InChI is InChI=1S/C13H27N/c1-4-7-11(3)13(14-10-5-2)12-8-6-9-12/h11-14H,4-10H2,1-3H3. The molecule has 1 saturated carbocycles. The van der Waals surface area contributed by atoms with Gasteiger partial charge in [0.15, 0.2) is 0 Å². The second-order valence-corrected chi connectivity index (χ2v) is 4.94. The van der Waals surface area contributed by atoms with Gasteiger partial charge in [-0.1, -0.05) is 33.6 Å². The number of nitrogens with one attached hydrogen (secondary N) is 1. The summed E-state index contributed by atoms with van der Waals surface area (Å²) >= 11 is 0. The van der Waals surface area contributed by atoms with E-state index in [0.29, 0.717) is 0 Å². The van der Waals surface area contributed by atoms with Gasteiger partial charge >= 0.3 is 0 Å². The lowest BCUT2D eigenvalue weighted by molar-refractivity contribution is 0.175. The predicted molar refractivity (Wildman–Crippen MR) is 63.5 cm³/mol. The zero-order valence-corrected chi connectivity index (χ0v) is 10.2. The van der Waals surface area contributed by atoms with E-state index in [0.717, 1.165) is 17.9 Å². The van der Waals surface area contributed by atoms with Crippen molar-refractivity contribution in [2.45, 2.75) is 65.3 Å². The average Bonchev–Trinajstić information content (AvgIpc) is 2.09. The minimum Gasteiger partial charge on any atom is -0.313 e.